The number of carbonyl (C=O) groups is 1. The lowest BCUT2D eigenvalue weighted by Gasteiger charge is -2.03. The van der Waals surface area contributed by atoms with Crippen molar-refractivity contribution in [3.05, 3.63) is 29.8 Å². The summed E-state index contributed by atoms with van der Waals surface area (Å²) in [6.07, 6.45) is 3.32. The molecule has 0 heterocycles. The number of carboxylic acids is 1. The first-order valence-electron chi connectivity index (χ1n) is 4.31. The van der Waals surface area contributed by atoms with Gasteiger partial charge in [-0.1, -0.05) is 6.07 Å². The molecule has 0 aromatic heterocycles. The number of nitrogens with two attached hydrogens (primary N) is 1. The molecular formula is C10H11NO4S. The van der Waals surface area contributed by atoms with Gasteiger partial charge in [0.25, 0.3) is 0 Å². The molecule has 0 unspecified atom stereocenters. The zero-order chi connectivity index (χ0) is 12.3. The topological polar surface area (TPSA) is 97.5 Å². The summed E-state index contributed by atoms with van der Waals surface area (Å²) in [6.45, 7) is 0. The largest absolute Gasteiger partial charge is 0.478 e. The van der Waals surface area contributed by atoms with Gasteiger partial charge in [-0.05, 0) is 23.8 Å². The van der Waals surface area contributed by atoms with E-state index in [4.69, 9.17) is 10.8 Å². The molecule has 0 aliphatic heterocycles. The van der Waals surface area contributed by atoms with Crippen LogP contribution in [-0.2, 0) is 14.6 Å². The van der Waals surface area contributed by atoms with Gasteiger partial charge < -0.3 is 10.8 Å². The quantitative estimate of drug-likeness (QED) is 0.601. The van der Waals surface area contributed by atoms with E-state index in [1.165, 1.54) is 24.3 Å². The number of carboxylic acid groups (broad SMARTS) is 1. The average molecular weight is 241 g/mol. The Morgan fingerprint density at radius 2 is 2.06 bits per heavy atom. The lowest BCUT2D eigenvalue weighted by atomic mass is 10.1. The number of sulfone groups is 1. The van der Waals surface area contributed by atoms with Crippen molar-refractivity contribution in [1.82, 2.24) is 0 Å². The van der Waals surface area contributed by atoms with Crippen molar-refractivity contribution in [3.63, 3.8) is 0 Å². The Balaban J connectivity index is 3.15. The molecule has 0 radical (unpaired) electrons. The van der Waals surface area contributed by atoms with Crippen LogP contribution < -0.4 is 5.73 Å². The van der Waals surface area contributed by atoms with Gasteiger partial charge in [-0.3, -0.25) is 0 Å². The summed E-state index contributed by atoms with van der Waals surface area (Å²) in [5.41, 5.74) is 6.29. The van der Waals surface area contributed by atoms with Crippen LogP contribution in [-0.4, -0.2) is 25.7 Å². The fraction of sp³-hybridized carbons (Fsp3) is 0.100. The van der Waals surface area contributed by atoms with E-state index in [1.54, 1.807) is 0 Å². The molecule has 0 fully saturated rings. The Labute approximate surface area is 93.1 Å². The second kappa shape index (κ2) is 4.36. The summed E-state index contributed by atoms with van der Waals surface area (Å²) in [5, 5.41) is 8.43. The molecule has 0 aliphatic carbocycles. The second-order valence-corrected chi connectivity index (χ2v) is 5.25. The summed E-state index contributed by atoms with van der Waals surface area (Å²) in [6, 6.07) is 4.15. The summed E-state index contributed by atoms with van der Waals surface area (Å²) in [7, 11) is -3.29. The molecule has 0 bridgehead atoms. The van der Waals surface area contributed by atoms with Crippen molar-refractivity contribution in [2.45, 2.75) is 4.90 Å². The fourth-order valence-corrected chi connectivity index (χ4v) is 1.75. The van der Waals surface area contributed by atoms with Crippen LogP contribution in [0.5, 0.6) is 0 Å². The Hall–Kier alpha value is -1.82. The summed E-state index contributed by atoms with van der Waals surface area (Å²) in [4.78, 5) is 10.4. The van der Waals surface area contributed by atoms with Crippen LogP contribution >= 0.6 is 0 Å². The zero-order valence-corrected chi connectivity index (χ0v) is 9.36. The van der Waals surface area contributed by atoms with E-state index in [2.05, 4.69) is 0 Å². The van der Waals surface area contributed by atoms with E-state index in [0.717, 1.165) is 12.3 Å². The van der Waals surface area contributed by atoms with Crippen LogP contribution in [0.15, 0.2) is 29.2 Å². The van der Waals surface area contributed by atoms with E-state index in [9.17, 15) is 13.2 Å². The van der Waals surface area contributed by atoms with Crippen molar-refractivity contribution in [3.8, 4) is 0 Å². The third kappa shape index (κ3) is 3.09. The van der Waals surface area contributed by atoms with E-state index in [0.29, 0.717) is 5.56 Å². The molecule has 6 heteroatoms. The van der Waals surface area contributed by atoms with Crippen molar-refractivity contribution < 1.29 is 18.3 Å². The van der Waals surface area contributed by atoms with Crippen LogP contribution in [0, 0.1) is 0 Å². The monoisotopic (exact) mass is 241 g/mol. The third-order valence-electron chi connectivity index (χ3n) is 1.89. The predicted molar refractivity (Wildman–Crippen MR) is 60.6 cm³/mol. The van der Waals surface area contributed by atoms with Crippen LogP contribution in [0.4, 0.5) is 5.69 Å². The lowest BCUT2D eigenvalue weighted by molar-refractivity contribution is -0.131. The van der Waals surface area contributed by atoms with E-state index < -0.39 is 15.8 Å². The number of rotatable bonds is 3. The number of hydrogen-bond donors (Lipinski definition) is 2. The highest BCUT2D eigenvalue weighted by Gasteiger charge is 2.08. The van der Waals surface area contributed by atoms with Gasteiger partial charge in [0.2, 0.25) is 0 Å². The van der Waals surface area contributed by atoms with Crippen molar-refractivity contribution in [1.29, 1.82) is 0 Å². The Bertz CT molecular complexity index is 546. The first-order chi connectivity index (χ1) is 7.30. The number of aliphatic carboxylic acids is 1. The van der Waals surface area contributed by atoms with Gasteiger partial charge in [0.1, 0.15) is 0 Å². The van der Waals surface area contributed by atoms with Crippen LogP contribution in [0.1, 0.15) is 5.56 Å². The molecule has 0 spiro atoms. The molecule has 3 N–H and O–H groups in total. The van der Waals surface area contributed by atoms with E-state index in [-0.39, 0.29) is 10.6 Å². The fourth-order valence-electron chi connectivity index (χ4n) is 1.10. The van der Waals surface area contributed by atoms with Gasteiger partial charge in [0.15, 0.2) is 9.84 Å². The smallest absolute Gasteiger partial charge is 0.328 e. The first kappa shape index (κ1) is 12.3. The molecular weight excluding hydrogens is 230 g/mol. The normalized spacial score (nSPS) is 11.8. The highest BCUT2D eigenvalue weighted by molar-refractivity contribution is 7.90. The minimum absolute atomic E-state index is 0.109. The van der Waals surface area contributed by atoms with Crippen LogP contribution in [0.25, 0.3) is 6.08 Å². The molecule has 86 valence electrons. The first-order valence-corrected chi connectivity index (χ1v) is 6.20. The SMILES string of the molecule is CS(=O)(=O)c1ccc(C=CC(=O)O)c(N)c1. The average Bonchev–Trinajstić information content (AvgIpc) is 2.14. The number of benzene rings is 1. The highest BCUT2D eigenvalue weighted by Crippen LogP contribution is 2.19. The predicted octanol–water partition coefficient (Wildman–Crippen LogP) is 0.770. The molecule has 0 saturated carbocycles. The van der Waals surface area contributed by atoms with Gasteiger partial charge in [-0.15, -0.1) is 0 Å². The van der Waals surface area contributed by atoms with Crippen LogP contribution in [0.3, 0.4) is 0 Å². The number of hydrogen-bond acceptors (Lipinski definition) is 4. The minimum atomic E-state index is -3.29. The number of anilines is 1. The maximum absolute atomic E-state index is 11.2. The second-order valence-electron chi connectivity index (χ2n) is 3.23. The maximum Gasteiger partial charge on any atom is 0.328 e. The molecule has 5 nitrogen and oxygen atoms in total. The number of nitrogen functional groups attached to an aromatic ring is 1. The molecule has 1 aromatic rings. The molecule has 0 saturated heterocycles. The van der Waals surface area contributed by atoms with Gasteiger partial charge in [-0.2, -0.15) is 0 Å². The summed E-state index contributed by atoms with van der Waals surface area (Å²) in [5.74, 6) is -1.09. The Morgan fingerprint density at radius 1 is 1.44 bits per heavy atom. The standard InChI is InChI=1S/C10H11NO4S/c1-16(14,15)8-4-2-7(9(11)6-8)3-5-10(12)13/h2-6H,11H2,1H3,(H,12,13). The lowest BCUT2D eigenvalue weighted by Crippen LogP contribution is -1.99. The van der Waals surface area contributed by atoms with E-state index in [1.807, 2.05) is 0 Å². The Morgan fingerprint density at radius 3 is 2.50 bits per heavy atom. The van der Waals surface area contributed by atoms with Crippen molar-refractivity contribution in [2.24, 2.45) is 0 Å². The Kier molecular flexibility index (Phi) is 3.34. The van der Waals surface area contributed by atoms with Crippen molar-refractivity contribution in [2.75, 3.05) is 12.0 Å². The zero-order valence-electron chi connectivity index (χ0n) is 8.54. The maximum atomic E-state index is 11.2. The molecule has 0 aliphatic rings. The molecule has 0 atom stereocenters. The molecule has 0 amide bonds. The van der Waals surface area contributed by atoms with Gasteiger partial charge in [0.05, 0.1) is 4.90 Å². The van der Waals surface area contributed by atoms with Crippen molar-refractivity contribution >= 4 is 27.6 Å². The van der Waals surface area contributed by atoms with Gasteiger partial charge in [-0.25, -0.2) is 13.2 Å². The van der Waals surface area contributed by atoms with Crippen LogP contribution in [0.2, 0.25) is 0 Å². The van der Waals surface area contributed by atoms with E-state index >= 15 is 0 Å². The molecule has 1 rings (SSSR count). The molecule has 16 heavy (non-hydrogen) atoms. The van der Waals surface area contributed by atoms with Gasteiger partial charge in [0, 0.05) is 18.0 Å². The molecule has 1 aromatic carbocycles. The minimum Gasteiger partial charge on any atom is -0.478 e. The summed E-state index contributed by atoms with van der Waals surface area (Å²) < 4.78 is 22.4. The highest BCUT2D eigenvalue weighted by atomic mass is 32.2. The van der Waals surface area contributed by atoms with Gasteiger partial charge >= 0.3 is 5.97 Å². The third-order valence-corrected chi connectivity index (χ3v) is 3.00. The summed E-state index contributed by atoms with van der Waals surface area (Å²) >= 11 is 0.